The molecule has 1 aliphatic heterocycles. The Kier molecular flexibility index (Phi) is 4.16. The van der Waals surface area contributed by atoms with Gasteiger partial charge in [-0.25, -0.2) is 0 Å². The summed E-state index contributed by atoms with van der Waals surface area (Å²) in [7, 11) is 0. The van der Waals surface area contributed by atoms with E-state index in [1.807, 2.05) is 13.8 Å². The van der Waals surface area contributed by atoms with Crippen LogP contribution in [0.3, 0.4) is 0 Å². The average molecular weight is 187 g/mol. The molecule has 13 heavy (non-hydrogen) atoms. The fourth-order valence-electron chi connectivity index (χ4n) is 1.44. The first kappa shape index (κ1) is 11.0. The highest BCUT2D eigenvalue weighted by atomic mass is 16.5. The van der Waals surface area contributed by atoms with Gasteiger partial charge in [-0.15, -0.1) is 0 Å². The lowest BCUT2D eigenvalue weighted by Gasteiger charge is -2.28. The zero-order chi connectivity index (χ0) is 9.73. The molecule has 0 aromatic heterocycles. The molecule has 0 spiro atoms. The Hall–Kier alpha value is -0.120. The lowest BCUT2D eigenvalue weighted by atomic mass is 10.00. The molecule has 2 N–H and O–H groups in total. The highest BCUT2D eigenvalue weighted by Crippen LogP contribution is 2.13. The summed E-state index contributed by atoms with van der Waals surface area (Å²) >= 11 is 0. The van der Waals surface area contributed by atoms with Gasteiger partial charge in [0.15, 0.2) is 0 Å². The zero-order valence-electron chi connectivity index (χ0n) is 8.68. The van der Waals surface area contributed by atoms with Gasteiger partial charge in [0.2, 0.25) is 0 Å². The van der Waals surface area contributed by atoms with Crippen molar-refractivity contribution < 1.29 is 9.84 Å². The van der Waals surface area contributed by atoms with Crippen LogP contribution in [-0.4, -0.2) is 37.0 Å². The third kappa shape index (κ3) is 4.07. The van der Waals surface area contributed by atoms with E-state index in [2.05, 4.69) is 5.32 Å². The Morgan fingerprint density at radius 2 is 2.31 bits per heavy atom. The standard InChI is InChI=1S/C10H21NO2/c1-10(2,8-12)11-6-9-4-3-5-13-7-9/h9,11-12H,3-8H2,1-2H3. The summed E-state index contributed by atoms with van der Waals surface area (Å²) in [4.78, 5) is 0. The van der Waals surface area contributed by atoms with Crippen LogP contribution in [-0.2, 0) is 4.74 Å². The van der Waals surface area contributed by atoms with Crippen molar-refractivity contribution in [3.05, 3.63) is 0 Å². The summed E-state index contributed by atoms with van der Waals surface area (Å²) in [5.74, 6) is 0.625. The Balaban J connectivity index is 2.17. The highest BCUT2D eigenvalue weighted by Gasteiger charge is 2.19. The molecule has 78 valence electrons. The lowest BCUT2D eigenvalue weighted by molar-refractivity contribution is 0.0499. The Morgan fingerprint density at radius 1 is 1.54 bits per heavy atom. The molecule has 0 aliphatic carbocycles. The van der Waals surface area contributed by atoms with Gasteiger partial charge in [-0.1, -0.05) is 0 Å². The second-order valence-electron chi connectivity index (χ2n) is 4.51. The SMILES string of the molecule is CC(C)(CO)NCC1CCCOC1. The van der Waals surface area contributed by atoms with Crippen molar-refractivity contribution >= 4 is 0 Å². The van der Waals surface area contributed by atoms with Crippen molar-refractivity contribution in [3.63, 3.8) is 0 Å². The van der Waals surface area contributed by atoms with Gasteiger partial charge in [0.25, 0.3) is 0 Å². The molecule has 1 heterocycles. The van der Waals surface area contributed by atoms with E-state index in [4.69, 9.17) is 9.84 Å². The van der Waals surface area contributed by atoms with Gasteiger partial charge in [0.05, 0.1) is 13.2 Å². The Bertz CT molecular complexity index is 142. The number of aliphatic hydroxyl groups excluding tert-OH is 1. The van der Waals surface area contributed by atoms with E-state index in [0.29, 0.717) is 5.92 Å². The van der Waals surface area contributed by atoms with E-state index < -0.39 is 0 Å². The van der Waals surface area contributed by atoms with E-state index in [1.54, 1.807) is 0 Å². The number of rotatable bonds is 4. The zero-order valence-corrected chi connectivity index (χ0v) is 8.68. The van der Waals surface area contributed by atoms with Crippen molar-refractivity contribution in [1.82, 2.24) is 5.32 Å². The molecule has 1 saturated heterocycles. The first-order valence-corrected chi connectivity index (χ1v) is 5.08. The smallest absolute Gasteiger partial charge is 0.0607 e. The molecule has 0 bridgehead atoms. The fourth-order valence-corrected chi connectivity index (χ4v) is 1.44. The normalized spacial score (nSPS) is 24.7. The van der Waals surface area contributed by atoms with Crippen LogP contribution in [0.25, 0.3) is 0 Å². The summed E-state index contributed by atoms with van der Waals surface area (Å²) in [6.07, 6.45) is 2.42. The van der Waals surface area contributed by atoms with Crippen molar-refractivity contribution in [3.8, 4) is 0 Å². The van der Waals surface area contributed by atoms with Crippen LogP contribution in [0, 0.1) is 5.92 Å². The third-order valence-electron chi connectivity index (χ3n) is 2.52. The van der Waals surface area contributed by atoms with Gasteiger partial charge in [0, 0.05) is 18.7 Å². The lowest BCUT2D eigenvalue weighted by Crippen LogP contribution is -2.46. The molecular weight excluding hydrogens is 166 g/mol. The molecule has 3 heteroatoms. The molecule has 3 nitrogen and oxygen atoms in total. The highest BCUT2D eigenvalue weighted by molar-refractivity contribution is 4.78. The molecule has 0 aromatic rings. The minimum atomic E-state index is -0.155. The van der Waals surface area contributed by atoms with Crippen LogP contribution in [0.15, 0.2) is 0 Å². The van der Waals surface area contributed by atoms with E-state index in [-0.39, 0.29) is 12.1 Å². The predicted octanol–water partition coefficient (Wildman–Crippen LogP) is 0.773. The van der Waals surface area contributed by atoms with Crippen LogP contribution < -0.4 is 5.32 Å². The van der Waals surface area contributed by atoms with Crippen LogP contribution in [0.4, 0.5) is 0 Å². The van der Waals surface area contributed by atoms with E-state index in [0.717, 1.165) is 19.8 Å². The van der Waals surface area contributed by atoms with E-state index in [9.17, 15) is 0 Å². The van der Waals surface area contributed by atoms with Gasteiger partial charge < -0.3 is 15.2 Å². The number of ether oxygens (including phenoxy) is 1. The van der Waals surface area contributed by atoms with Gasteiger partial charge in [-0.05, 0) is 32.6 Å². The molecule has 0 aromatic carbocycles. The first-order valence-electron chi connectivity index (χ1n) is 5.08. The van der Waals surface area contributed by atoms with Gasteiger partial charge in [-0.2, -0.15) is 0 Å². The monoisotopic (exact) mass is 187 g/mol. The molecule has 1 rings (SSSR count). The molecule has 1 atom stereocenters. The van der Waals surface area contributed by atoms with E-state index >= 15 is 0 Å². The topological polar surface area (TPSA) is 41.5 Å². The fraction of sp³-hybridized carbons (Fsp3) is 1.00. The predicted molar refractivity (Wildman–Crippen MR) is 52.7 cm³/mol. The maximum Gasteiger partial charge on any atom is 0.0607 e. The first-order chi connectivity index (χ1) is 6.14. The van der Waals surface area contributed by atoms with Crippen molar-refractivity contribution in [2.24, 2.45) is 5.92 Å². The summed E-state index contributed by atoms with van der Waals surface area (Å²) in [5.41, 5.74) is -0.155. The van der Waals surface area contributed by atoms with Crippen LogP contribution in [0.1, 0.15) is 26.7 Å². The Morgan fingerprint density at radius 3 is 2.85 bits per heavy atom. The number of hydrogen-bond acceptors (Lipinski definition) is 3. The third-order valence-corrected chi connectivity index (χ3v) is 2.52. The number of aliphatic hydroxyl groups is 1. The quantitative estimate of drug-likeness (QED) is 0.683. The van der Waals surface area contributed by atoms with Gasteiger partial charge in [0.1, 0.15) is 0 Å². The second kappa shape index (κ2) is 4.94. The van der Waals surface area contributed by atoms with Crippen LogP contribution in [0.5, 0.6) is 0 Å². The number of hydrogen-bond donors (Lipinski definition) is 2. The summed E-state index contributed by atoms with van der Waals surface area (Å²) in [6.45, 7) is 6.94. The minimum absolute atomic E-state index is 0.155. The van der Waals surface area contributed by atoms with Gasteiger partial charge in [-0.3, -0.25) is 0 Å². The van der Waals surface area contributed by atoms with Crippen molar-refractivity contribution in [2.75, 3.05) is 26.4 Å². The average Bonchev–Trinajstić information content (AvgIpc) is 2.17. The maximum atomic E-state index is 9.03. The molecule has 0 saturated carbocycles. The molecular formula is C10H21NO2. The van der Waals surface area contributed by atoms with Crippen molar-refractivity contribution in [2.45, 2.75) is 32.2 Å². The Labute approximate surface area is 80.5 Å². The maximum absolute atomic E-state index is 9.03. The van der Waals surface area contributed by atoms with Crippen molar-refractivity contribution in [1.29, 1.82) is 0 Å². The molecule has 1 fully saturated rings. The summed E-state index contributed by atoms with van der Waals surface area (Å²) in [5, 5.41) is 12.4. The minimum Gasteiger partial charge on any atom is -0.394 e. The van der Waals surface area contributed by atoms with Crippen LogP contribution >= 0.6 is 0 Å². The summed E-state index contributed by atoms with van der Waals surface area (Å²) in [6, 6.07) is 0. The number of nitrogens with one attached hydrogen (secondary N) is 1. The van der Waals surface area contributed by atoms with Crippen LogP contribution in [0.2, 0.25) is 0 Å². The molecule has 1 unspecified atom stereocenters. The molecule has 0 amide bonds. The largest absolute Gasteiger partial charge is 0.394 e. The summed E-state index contributed by atoms with van der Waals surface area (Å²) < 4.78 is 5.38. The van der Waals surface area contributed by atoms with Gasteiger partial charge >= 0.3 is 0 Å². The second-order valence-corrected chi connectivity index (χ2v) is 4.51. The molecule has 1 aliphatic rings. The molecule has 0 radical (unpaired) electrons. The van der Waals surface area contributed by atoms with E-state index in [1.165, 1.54) is 12.8 Å².